The van der Waals surface area contributed by atoms with E-state index in [1.807, 2.05) is 0 Å². The molecule has 17 nitrogen and oxygen atoms in total. The minimum atomic E-state index is -4.98. The van der Waals surface area contributed by atoms with Crippen LogP contribution in [0.2, 0.25) is 0 Å². The summed E-state index contributed by atoms with van der Waals surface area (Å²) in [5.41, 5.74) is 0. The monoisotopic (exact) mass is 1420 g/mol. The molecule has 0 aliphatic rings. The van der Waals surface area contributed by atoms with Gasteiger partial charge in [-0.1, -0.05) is 273 Å². The Kier molecular flexibility index (Phi) is 68.9. The quantitative estimate of drug-likeness (QED) is 0.0169. The molecule has 0 rings (SSSR count). The molecule has 0 aromatic carbocycles. The van der Waals surface area contributed by atoms with E-state index in [1.54, 1.807) is 0 Å². The number of aliphatic hydroxyl groups excluding tert-OH is 1. The third-order valence-corrected chi connectivity index (χ3v) is 18.2. The second kappa shape index (κ2) is 71.6. The number of allylic oxidation sites excluding steroid dienone is 14. The molecule has 19 heteroatoms. The molecular weight excluding hydrogens is 1280 g/mol. The highest BCUT2D eigenvalue weighted by molar-refractivity contribution is 7.47. The number of aliphatic hydroxyl groups is 1. The predicted octanol–water partition coefficient (Wildman–Crippen LogP) is 22.2. The van der Waals surface area contributed by atoms with Gasteiger partial charge in [0.05, 0.1) is 26.4 Å². The summed E-state index contributed by atoms with van der Waals surface area (Å²) in [6, 6.07) is 0. The van der Waals surface area contributed by atoms with Crippen LogP contribution in [0.5, 0.6) is 0 Å². The number of hydrogen-bond donors (Lipinski definition) is 3. The molecule has 5 atom stereocenters. The second-order valence-corrected chi connectivity index (χ2v) is 28.8. The third kappa shape index (κ3) is 70.7. The lowest BCUT2D eigenvalue weighted by atomic mass is 10.0. The highest BCUT2D eigenvalue weighted by Gasteiger charge is 2.30. The van der Waals surface area contributed by atoms with Crippen LogP contribution in [0.15, 0.2) is 85.1 Å². The Morgan fingerprint density at radius 3 is 0.867 bits per heavy atom. The van der Waals surface area contributed by atoms with Gasteiger partial charge in [0.1, 0.15) is 19.3 Å². The number of phosphoric acid groups is 2. The van der Waals surface area contributed by atoms with Crippen molar-refractivity contribution in [2.45, 2.75) is 354 Å². The Hall–Kier alpha value is -3.76. The minimum absolute atomic E-state index is 0.0832. The standard InChI is InChI=1S/C79H140O17P2/c1-5-9-13-17-21-25-29-33-36-40-43-47-51-55-59-63-76(81)89-69-74(95-78(83)65-61-57-53-49-45-39-32-28-24-20-16-12-8-4)71-93-97(85,86)91-67-73(80)68-92-98(87,88)94-72-75(96-79(84)66-62-58-54-50-46-42-38-35-31-27-23-19-15-11-7-3)70-90-77(82)64-60-56-52-48-44-41-37-34-30-26-22-18-14-10-6-2/h9,13,21-22,25-26,33-38,43,47,73-75,80H,5-8,10-12,14-20,23-24,27-32,39-42,44-46,48-72H2,1-4H3,(H,85,86)(H,87,88)/b13-9-,25-21-,26-22-,36-33-,37-34-,38-35-,47-43-. The van der Waals surface area contributed by atoms with Crippen molar-refractivity contribution in [3.8, 4) is 0 Å². The zero-order chi connectivity index (χ0) is 71.8. The summed E-state index contributed by atoms with van der Waals surface area (Å²) in [6.07, 6.45) is 72.8. The molecule has 568 valence electrons. The van der Waals surface area contributed by atoms with Crippen molar-refractivity contribution in [2.24, 2.45) is 0 Å². The van der Waals surface area contributed by atoms with Gasteiger partial charge in [0.25, 0.3) is 0 Å². The normalized spacial score (nSPS) is 14.4. The smallest absolute Gasteiger partial charge is 0.462 e. The summed E-state index contributed by atoms with van der Waals surface area (Å²) in [6.45, 7) is 4.69. The number of rotatable bonds is 73. The molecule has 0 aromatic rings. The number of hydrogen-bond acceptors (Lipinski definition) is 15. The molecule has 0 aliphatic heterocycles. The number of carbonyl (C=O) groups excluding carboxylic acids is 4. The lowest BCUT2D eigenvalue weighted by molar-refractivity contribution is -0.161. The van der Waals surface area contributed by atoms with Crippen LogP contribution in [0.3, 0.4) is 0 Å². The first-order valence-corrected chi connectivity index (χ1v) is 41.8. The van der Waals surface area contributed by atoms with E-state index in [2.05, 4.69) is 113 Å². The van der Waals surface area contributed by atoms with Crippen LogP contribution in [-0.2, 0) is 65.4 Å². The summed E-state index contributed by atoms with van der Waals surface area (Å²) in [7, 11) is -9.96. The highest BCUT2D eigenvalue weighted by Crippen LogP contribution is 2.45. The summed E-state index contributed by atoms with van der Waals surface area (Å²) < 4.78 is 68.5. The third-order valence-electron chi connectivity index (χ3n) is 16.3. The van der Waals surface area contributed by atoms with Gasteiger partial charge in [0, 0.05) is 25.7 Å². The van der Waals surface area contributed by atoms with E-state index in [9.17, 15) is 43.2 Å². The van der Waals surface area contributed by atoms with E-state index >= 15 is 0 Å². The first-order valence-electron chi connectivity index (χ1n) is 38.8. The lowest BCUT2D eigenvalue weighted by Gasteiger charge is -2.21. The van der Waals surface area contributed by atoms with Crippen LogP contribution in [0.25, 0.3) is 0 Å². The molecule has 0 bridgehead atoms. The van der Waals surface area contributed by atoms with E-state index in [0.29, 0.717) is 25.7 Å². The van der Waals surface area contributed by atoms with E-state index in [-0.39, 0.29) is 25.7 Å². The number of esters is 4. The molecular formula is C79H140O17P2. The van der Waals surface area contributed by atoms with Crippen molar-refractivity contribution in [2.75, 3.05) is 39.6 Å². The van der Waals surface area contributed by atoms with Crippen molar-refractivity contribution in [1.29, 1.82) is 0 Å². The highest BCUT2D eigenvalue weighted by atomic mass is 31.2. The number of ether oxygens (including phenoxy) is 4. The van der Waals surface area contributed by atoms with E-state index < -0.39 is 97.5 Å². The fourth-order valence-electron chi connectivity index (χ4n) is 10.4. The molecule has 0 spiro atoms. The summed E-state index contributed by atoms with van der Waals surface area (Å²) >= 11 is 0. The van der Waals surface area contributed by atoms with Crippen LogP contribution in [-0.4, -0.2) is 96.7 Å². The maximum absolute atomic E-state index is 13.1. The van der Waals surface area contributed by atoms with Crippen LogP contribution in [0.4, 0.5) is 0 Å². The van der Waals surface area contributed by atoms with E-state index in [0.717, 1.165) is 148 Å². The fourth-order valence-corrected chi connectivity index (χ4v) is 12.0. The van der Waals surface area contributed by atoms with Gasteiger partial charge in [-0.05, 0) is 122 Å². The van der Waals surface area contributed by atoms with Crippen LogP contribution in [0.1, 0.15) is 336 Å². The molecule has 0 fully saturated rings. The molecule has 0 heterocycles. The molecule has 0 aliphatic carbocycles. The molecule has 0 saturated heterocycles. The lowest BCUT2D eigenvalue weighted by Crippen LogP contribution is -2.30. The summed E-state index contributed by atoms with van der Waals surface area (Å²) in [5.74, 6) is -2.23. The maximum Gasteiger partial charge on any atom is 0.472 e. The molecule has 0 radical (unpaired) electrons. The van der Waals surface area contributed by atoms with E-state index in [4.69, 9.17) is 37.0 Å². The van der Waals surface area contributed by atoms with Crippen molar-refractivity contribution in [1.82, 2.24) is 0 Å². The molecule has 0 saturated carbocycles. The maximum atomic E-state index is 13.1. The number of carbonyl (C=O) groups is 4. The molecule has 5 unspecified atom stereocenters. The van der Waals surface area contributed by atoms with Gasteiger partial charge in [-0.2, -0.15) is 0 Å². The van der Waals surface area contributed by atoms with Crippen LogP contribution >= 0.6 is 15.6 Å². The van der Waals surface area contributed by atoms with Crippen LogP contribution < -0.4 is 0 Å². The largest absolute Gasteiger partial charge is 0.472 e. The SMILES string of the molecule is CC/C=C\C/C=C\C/C=C\C/C=C\CCCCC(=O)OCC(COP(=O)(O)OCC(O)COP(=O)(O)OCC(COC(=O)CCCCCCC/C=C\C/C=C\CCCCC)OC(=O)CCCCCCC/C=C\CCCCCCCC)OC(=O)CCCCCCCCCCCCCCC. The Labute approximate surface area is 595 Å². The first-order chi connectivity index (χ1) is 47.7. The van der Waals surface area contributed by atoms with Gasteiger partial charge >= 0.3 is 39.5 Å². The van der Waals surface area contributed by atoms with Crippen molar-refractivity contribution in [3.63, 3.8) is 0 Å². The number of unbranched alkanes of at least 4 members (excludes halogenated alkanes) is 33. The minimum Gasteiger partial charge on any atom is -0.462 e. The van der Waals surface area contributed by atoms with Gasteiger partial charge < -0.3 is 33.8 Å². The Bertz CT molecular complexity index is 2190. The molecule has 0 amide bonds. The fraction of sp³-hybridized carbons (Fsp3) is 0.772. The van der Waals surface area contributed by atoms with Gasteiger partial charge in [0.2, 0.25) is 0 Å². The zero-order valence-corrected chi connectivity index (χ0v) is 63.7. The Morgan fingerprint density at radius 2 is 0.531 bits per heavy atom. The van der Waals surface area contributed by atoms with Gasteiger partial charge in [0.15, 0.2) is 12.2 Å². The first kappa shape index (κ1) is 94.2. The molecule has 0 aromatic heterocycles. The summed E-state index contributed by atoms with van der Waals surface area (Å²) in [5, 5.41) is 10.6. The van der Waals surface area contributed by atoms with Gasteiger partial charge in [-0.3, -0.25) is 37.3 Å². The average Bonchev–Trinajstić information content (AvgIpc) is 0.959. The Balaban J connectivity index is 5.38. The average molecular weight is 1420 g/mol. The zero-order valence-electron chi connectivity index (χ0n) is 62.0. The molecule has 98 heavy (non-hydrogen) atoms. The second-order valence-electron chi connectivity index (χ2n) is 25.9. The van der Waals surface area contributed by atoms with E-state index in [1.165, 1.54) is 109 Å². The van der Waals surface area contributed by atoms with Crippen LogP contribution in [0, 0.1) is 0 Å². The summed E-state index contributed by atoms with van der Waals surface area (Å²) in [4.78, 5) is 72.9. The van der Waals surface area contributed by atoms with Crippen molar-refractivity contribution < 1.29 is 80.2 Å². The molecule has 3 N–H and O–H groups in total. The number of phosphoric ester groups is 2. The van der Waals surface area contributed by atoms with Gasteiger partial charge in [-0.15, -0.1) is 0 Å². The predicted molar refractivity (Wildman–Crippen MR) is 399 cm³/mol. The van der Waals surface area contributed by atoms with Gasteiger partial charge in [-0.25, -0.2) is 9.13 Å². The van der Waals surface area contributed by atoms with Crippen molar-refractivity contribution in [3.05, 3.63) is 85.1 Å². The van der Waals surface area contributed by atoms with Crippen molar-refractivity contribution >= 4 is 39.5 Å². The Morgan fingerprint density at radius 1 is 0.296 bits per heavy atom. The topological polar surface area (TPSA) is 237 Å².